The first-order valence-corrected chi connectivity index (χ1v) is 46.2. The van der Waals surface area contributed by atoms with Crippen LogP contribution in [0.5, 0.6) is 0 Å². The Labute approximate surface area is 750 Å². The predicted molar refractivity (Wildman–Crippen MR) is 551 cm³/mol. The maximum absolute atomic E-state index is 6.45. The van der Waals surface area contributed by atoms with E-state index in [1.807, 2.05) is 57.5 Å². The van der Waals surface area contributed by atoms with Crippen molar-refractivity contribution in [2.45, 2.75) is 41.5 Å². The van der Waals surface area contributed by atoms with Gasteiger partial charge in [0.1, 0.15) is 22.3 Å². The van der Waals surface area contributed by atoms with E-state index < -0.39 is 0 Å². The smallest absolute Gasteiger partial charge is 0.143 e. The summed E-state index contributed by atoms with van der Waals surface area (Å²) in [6.07, 6.45) is 0. The Balaban J connectivity index is 0.0000000956. The largest absolute Gasteiger partial charge is 0.455 e. The molecule has 0 bridgehead atoms. The fraction of sp³-hybridized carbons (Fsp3) is 0.0500. The molecule has 0 spiro atoms. The van der Waals surface area contributed by atoms with Crippen molar-refractivity contribution in [3.05, 3.63) is 458 Å². The zero-order chi connectivity index (χ0) is 85.1. The predicted octanol–water partition coefficient (Wildman–Crippen LogP) is 36.9. The quantitative estimate of drug-likeness (QED) is 0.159. The van der Waals surface area contributed by atoms with Crippen LogP contribution in [-0.4, -0.2) is 0 Å². The molecule has 0 fully saturated rings. The molecule has 0 aliphatic heterocycles. The maximum atomic E-state index is 6.45. The van der Waals surface area contributed by atoms with Crippen LogP contribution in [0, 0.1) is 41.5 Å². The lowest BCUT2D eigenvalue weighted by atomic mass is 9.99. The van der Waals surface area contributed by atoms with Crippen LogP contribution in [-0.2, 0) is 0 Å². The third kappa shape index (κ3) is 16.0. The van der Waals surface area contributed by atoms with Gasteiger partial charge < -0.3 is 8.83 Å². The standard InChI is InChI=1S/C25H18O.C19H14O.4C19H14S/c1-17-13-15-19(16-14-17)21-10-6-12-23-22-11-5-9-20(24(22)26-25(21)23)18-7-3-2-4-8-18;1-13-7-5-11-16-17-12-6-10-15(19(17)20-18(13)16)14-8-3-2-4-9-14;1-13-7-2-3-8-14(13)16-10-6-11-17-15-9-4-5-12-18(15)20-19(16)17;1-13-9-11-14(12-10-13)15-6-4-8-18-19(15)16-5-2-3-7-17(16)20-18;1-13-7-5-11-16-17-12-6-10-15(19(17)20-18(13)16)14-8-3-2-4-9-14;1-13-6-8-14(9-7-13)15-10-11-17-16-4-2-3-5-18(16)20-19(17)12-15/h2-16H,1H3;5*2-12H,1H3. The summed E-state index contributed by atoms with van der Waals surface area (Å²) >= 11 is 7.55. The number of aryl methyl sites for hydroxylation is 6. The van der Waals surface area contributed by atoms with Gasteiger partial charge in [-0.1, -0.05) is 411 Å². The van der Waals surface area contributed by atoms with Crippen LogP contribution < -0.4 is 0 Å². The fourth-order valence-corrected chi connectivity index (χ4v) is 22.3. The average molecular weight is 1690 g/mol. The van der Waals surface area contributed by atoms with Crippen LogP contribution in [0.15, 0.2) is 433 Å². The lowest BCUT2D eigenvalue weighted by Gasteiger charge is -2.06. The number of benzene rings is 19. The highest BCUT2D eigenvalue weighted by molar-refractivity contribution is 7.27. The molecular formula is C120H88O2S4. The van der Waals surface area contributed by atoms with Gasteiger partial charge in [0.25, 0.3) is 0 Å². The third-order valence-electron chi connectivity index (χ3n) is 24.0. The molecule has 0 amide bonds. The van der Waals surface area contributed by atoms with E-state index in [0.29, 0.717) is 0 Å². The van der Waals surface area contributed by atoms with E-state index >= 15 is 0 Å². The van der Waals surface area contributed by atoms with Crippen molar-refractivity contribution in [2.75, 3.05) is 0 Å². The number of hydrogen-bond donors (Lipinski definition) is 0. The Hall–Kier alpha value is -14.3. The minimum absolute atomic E-state index is 0.952. The Kier molecular flexibility index (Phi) is 22.6. The van der Waals surface area contributed by atoms with Crippen molar-refractivity contribution in [3.63, 3.8) is 0 Å². The second-order valence-electron chi connectivity index (χ2n) is 32.3. The molecule has 2 nitrogen and oxygen atoms in total. The van der Waals surface area contributed by atoms with Crippen molar-refractivity contribution >= 4 is 170 Å². The summed E-state index contributed by atoms with van der Waals surface area (Å²) in [4.78, 5) is 0. The van der Waals surface area contributed by atoms with Gasteiger partial charge in [-0.2, -0.15) is 0 Å². The molecule has 25 aromatic rings. The van der Waals surface area contributed by atoms with Gasteiger partial charge in [-0.15, -0.1) is 45.3 Å². The van der Waals surface area contributed by atoms with Crippen molar-refractivity contribution in [2.24, 2.45) is 0 Å². The van der Waals surface area contributed by atoms with Crippen LogP contribution >= 0.6 is 45.3 Å². The minimum atomic E-state index is 0.952. The molecule has 6 heteroatoms. The molecule has 0 aliphatic carbocycles. The second-order valence-corrected chi connectivity index (χ2v) is 36.6. The first-order valence-electron chi connectivity index (χ1n) is 42.9. The van der Waals surface area contributed by atoms with Crippen LogP contribution in [0.3, 0.4) is 0 Å². The van der Waals surface area contributed by atoms with Crippen LogP contribution in [0.1, 0.15) is 33.4 Å². The Morgan fingerprint density at radius 1 is 0.159 bits per heavy atom. The number of furan rings is 2. The SMILES string of the molecule is Cc1ccc(-c2ccc3c(c2)sc2ccccc23)cc1.Cc1ccc(-c2cccc3c2oc2c(-c4ccccc4)cccc23)cc1.Cc1ccc(-c2cccc3sc4ccccc4c23)cc1.Cc1cccc2c1oc1c(-c3ccccc3)cccc12.Cc1cccc2c1sc1c(-c3ccccc3)cccc12.Cc1ccccc1-c1cccc2c1sc1ccccc12. The van der Waals surface area contributed by atoms with E-state index in [4.69, 9.17) is 8.83 Å². The van der Waals surface area contributed by atoms with Crippen molar-refractivity contribution < 1.29 is 8.83 Å². The summed E-state index contributed by atoms with van der Waals surface area (Å²) in [5.41, 5.74) is 29.1. The second kappa shape index (κ2) is 35.5. The van der Waals surface area contributed by atoms with Gasteiger partial charge in [-0.3, -0.25) is 0 Å². The van der Waals surface area contributed by atoms with Gasteiger partial charge in [0.05, 0.1) is 0 Å². The van der Waals surface area contributed by atoms with Crippen molar-refractivity contribution in [1.82, 2.24) is 0 Å². The molecule has 0 unspecified atom stereocenters. The lowest BCUT2D eigenvalue weighted by Crippen LogP contribution is -1.82. The Morgan fingerprint density at radius 3 is 1.03 bits per heavy atom. The topological polar surface area (TPSA) is 26.3 Å². The first-order chi connectivity index (χ1) is 62.0. The lowest BCUT2D eigenvalue weighted by molar-refractivity contribution is 0.667. The number of fused-ring (bicyclic) bond motifs is 18. The van der Waals surface area contributed by atoms with E-state index in [1.165, 1.54) is 186 Å². The first kappa shape index (κ1) is 80.1. The Bertz CT molecular complexity index is 8090. The molecule has 0 aliphatic rings. The highest BCUT2D eigenvalue weighted by Crippen LogP contribution is 2.47. The van der Waals surface area contributed by atoms with Crippen LogP contribution in [0.2, 0.25) is 0 Å². The molecule has 0 atom stereocenters. The van der Waals surface area contributed by atoms with Gasteiger partial charge in [0, 0.05) is 119 Å². The summed E-state index contributed by atoms with van der Waals surface area (Å²) in [7, 11) is 0. The van der Waals surface area contributed by atoms with E-state index in [1.54, 1.807) is 0 Å². The summed E-state index contributed by atoms with van der Waals surface area (Å²) in [5.74, 6) is 0. The van der Waals surface area contributed by atoms with E-state index in [2.05, 4.69) is 454 Å². The van der Waals surface area contributed by atoms with Crippen molar-refractivity contribution in [3.8, 4) is 77.9 Å². The molecule has 604 valence electrons. The zero-order valence-electron chi connectivity index (χ0n) is 70.9. The molecule has 0 N–H and O–H groups in total. The number of para-hydroxylation sites is 4. The van der Waals surface area contributed by atoms with Crippen LogP contribution in [0.4, 0.5) is 0 Å². The van der Waals surface area contributed by atoms with Gasteiger partial charge in [-0.25, -0.2) is 0 Å². The zero-order valence-corrected chi connectivity index (χ0v) is 74.1. The molecule has 126 heavy (non-hydrogen) atoms. The molecule has 0 saturated carbocycles. The minimum Gasteiger partial charge on any atom is -0.455 e. The molecule has 25 rings (SSSR count). The summed E-state index contributed by atoms with van der Waals surface area (Å²) in [5, 5.41) is 15.7. The number of thiophene rings is 4. The highest BCUT2D eigenvalue weighted by atomic mass is 32.1. The van der Waals surface area contributed by atoms with E-state index in [0.717, 1.165) is 49.8 Å². The number of rotatable bonds is 7. The average Bonchev–Trinajstić information content (AvgIpc) is 1.60. The monoisotopic (exact) mass is 1690 g/mol. The molecule has 0 radical (unpaired) electrons. The summed E-state index contributed by atoms with van der Waals surface area (Å²) in [6, 6.07) is 151. The molecule has 6 heterocycles. The summed E-state index contributed by atoms with van der Waals surface area (Å²) < 4.78 is 23.6. The highest BCUT2D eigenvalue weighted by Gasteiger charge is 2.20. The van der Waals surface area contributed by atoms with Gasteiger partial charge in [0.2, 0.25) is 0 Å². The molecule has 0 saturated heterocycles. The van der Waals surface area contributed by atoms with Gasteiger partial charge in [0.15, 0.2) is 0 Å². The van der Waals surface area contributed by atoms with E-state index in [9.17, 15) is 0 Å². The maximum Gasteiger partial charge on any atom is 0.143 e. The fourth-order valence-electron chi connectivity index (χ4n) is 17.5. The summed E-state index contributed by atoms with van der Waals surface area (Å²) in [6.45, 7) is 12.8. The normalized spacial score (nSPS) is 11.3. The molecule has 6 aromatic heterocycles. The number of hydrogen-bond acceptors (Lipinski definition) is 6. The van der Waals surface area contributed by atoms with Crippen molar-refractivity contribution in [1.29, 1.82) is 0 Å². The molecule has 19 aromatic carbocycles. The van der Waals surface area contributed by atoms with E-state index in [-0.39, 0.29) is 0 Å². The molecular weight excluding hydrogens is 1600 g/mol. The third-order valence-corrected chi connectivity index (χ3v) is 28.8. The van der Waals surface area contributed by atoms with Crippen LogP contribution in [0.25, 0.3) is 202 Å². The Morgan fingerprint density at radius 2 is 0.476 bits per heavy atom. The van der Waals surface area contributed by atoms with Gasteiger partial charge in [-0.05, 0) is 150 Å². The van der Waals surface area contributed by atoms with Gasteiger partial charge >= 0.3 is 0 Å².